The molecule has 0 spiro atoms. The summed E-state index contributed by atoms with van der Waals surface area (Å²) in [4.78, 5) is 0. The minimum atomic E-state index is -3.13. The molecule has 1 unspecified atom stereocenters. The molecular formula is C13H28N2O3S. The minimum Gasteiger partial charge on any atom is -0.381 e. The van der Waals surface area contributed by atoms with Crippen LogP contribution in [0, 0.1) is 5.92 Å². The summed E-state index contributed by atoms with van der Waals surface area (Å²) in [5.41, 5.74) is 0. The Labute approximate surface area is 117 Å². The SMILES string of the molecule is CCNC(C)C1CCN(S(=O)(=O)CCOCC)CC1. The van der Waals surface area contributed by atoms with Crippen LogP contribution in [-0.4, -0.2) is 57.4 Å². The molecule has 0 saturated carbocycles. The average Bonchev–Trinajstić information content (AvgIpc) is 2.39. The second-order valence-corrected chi connectivity index (χ2v) is 7.18. The fourth-order valence-electron chi connectivity index (χ4n) is 2.58. The Balaban J connectivity index is 2.40. The summed E-state index contributed by atoms with van der Waals surface area (Å²) in [5.74, 6) is 0.687. The van der Waals surface area contributed by atoms with Crippen LogP contribution in [0.25, 0.3) is 0 Å². The molecule has 1 heterocycles. The van der Waals surface area contributed by atoms with Gasteiger partial charge in [-0.1, -0.05) is 6.92 Å². The zero-order valence-electron chi connectivity index (χ0n) is 12.4. The summed E-state index contributed by atoms with van der Waals surface area (Å²) >= 11 is 0. The van der Waals surface area contributed by atoms with Gasteiger partial charge in [0.2, 0.25) is 10.0 Å². The smallest absolute Gasteiger partial charge is 0.216 e. The molecule has 6 heteroatoms. The van der Waals surface area contributed by atoms with Crippen LogP contribution in [0.5, 0.6) is 0 Å². The van der Waals surface area contributed by atoms with E-state index < -0.39 is 10.0 Å². The van der Waals surface area contributed by atoms with Gasteiger partial charge in [-0.25, -0.2) is 12.7 Å². The first kappa shape index (κ1) is 16.9. The first-order valence-corrected chi connectivity index (χ1v) is 8.91. The quantitative estimate of drug-likeness (QED) is 0.680. The minimum absolute atomic E-state index is 0.105. The van der Waals surface area contributed by atoms with Crippen LogP contribution in [0.3, 0.4) is 0 Å². The Bertz CT molecular complexity index is 338. The van der Waals surface area contributed by atoms with Crippen LogP contribution in [0.4, 0.5) is 0 Å². The first-order chi connectivity index (χ1) is 9.01. The molecule has 19 heavy (non-hydrogen) atoms. The molecule has 1 N–H and O–H groups in total. The summed E-state index contributed by atoms with van der Waals surface area (Å²) < 4.78 is 30.9. The molecule has 5 nitrogen and oxygen atoms in total. The van der Waals surface area contributed by atoms with E-state index in [1.807, 2.05) is 6.92 Å². The number of hydrogen-bond donors (Lipinski definition) is 1. The van der Waals surface area contributed by atoms with Gasteiger partial charge in [0.05, 0.1) is 12.4 Å². The first-order valence-electron chi connectivity index (χ1n) is 7.30. The molecule has 1 saturated heterocycles. The largest absolute Gasteiger partial charge is 0.381 e. The molecule has 0 radical (unpaired) electrons. The fourth-order valence-corrected chi connectivity index (χ4v) is 3.93. The lowest BCUT2D eigenvalue weighted by atomic mass is 9.91. The maximum Gasteiger partial charge on any atom is 0.216 e. The molecule has 1 aliphatic heterocycles. The standard InChI is InChI=1S/C13H28N2O3S/c1-4-14-12(3)13-6-8-15(9-7-13)19(16,17)11-10-18-5-2/h12-14H,4-11H2,1-3H3. The van der Waals surface area contributed by atoms with E-state index >= 15 is 0 Å². The lowest BCUT2D eigenvalue weighted by Crippen LogP contribution is -2.45. The van der Waals surface area contributed by atoms with E-state index in [4.69, 9.17) is 4.74 Å². The van der Waals surface area contributed by atoms with Gasteiger partial charge in [0, 0.05) is 25.7 Å². The van der Waals surface area contributed by atoms with E-state index in [9.17, 15) is 8.42 Å². The predicted octanol–water partition coefficient (Wildman–Crippen LogP) is 1.06. The number of hydrogen-bond acceptors (Lipinski definition) is 4. The molecule has 1 aliphatic rings. The van der Waals surface area contributed by atoms with Crippen molar-refractivity contribution >= 4 is 10.0 Å². The predicted molar refractivity (Wildman–Crippen MR) is 77.7 cm³/mol. The molecular weight excluding hydrogens is 264 g/mol. The van der Waals surface area contributed by atoms with Crippen LogP contribution in [0.15, 0.2) is 0 Å². The highest BCUT2D eigenvalue weighted by molar-refractivity contribution is 7.89. The Kier molecular flexibility index (Phi) is 7.28. The molecule has 114 valence electrons. The number of nitrogens with one attached hydrogen (secondary N) is 1. The molecule has 1 atom stereocenters. The Morgan fingerprint density at radius 2 is 1.95 bits per heavy atom. The second kappa shape index (κ2) is 8.19. The van der Waals surface area contributed by atoms with E-state index in [0.29, 0.717) is 38.3 Å². The van der Waals surface area contributed by atoms with E-state index in [0.717, 1.165) is 19.4 Å². The van der Waals surface area contributed by atoms with Gasteiger partial charge in [-0.3, -0.25) is 0 Å². The summed E-state index contributed by atoms with van der Waals surface area (Å²) in [6.07, 6.45) is 1.89. The van der Waals surface area contributed by atoms with Gasteiger partial charge in [-0.2, -0.15) is 0 Å². The van der Waals surface area contributed by atoms with Crippen molar-refractivity contribution in [3.63, 3.8) is 0 Å². The topological polar surface area (TPSA) is 58.6 Å². The Morgan fingerprint density at radius 1 is 1.32 bits per heavy atom. The third kappa shape index (κ3) is 5.38. The molecule has 1 fully saturated rings. The van der Waals surface area contributed by atoms with Crippen LogP contribution >= 0.6 is 0 Å². The van der Waals surface area contributed by atoms with Crippen molar-refractivity contribution in [3.05, 3.63) is 0 Å². The maximum atomic E-state index is 12.1. The van der Waals surface area contributed by atoms with Gasteiger partial charge in [-0.15, -0.1) is 0 Å². The third-order valence-electron chi connectivity index (χ3n) is 3.81. The number of piperidine rings is 1. The van der Waals surface area contributed by atoms with Crippen LogP contribution in [0.2, 0.25) is 0 Å². The lowest BCUT2D eigenvalue weighted by molar-refractivity contribution is 0.161. The zero-order chi connectivity index (χ0) is 14.3. The monoisotopic (exact) mass is 292 g/mol. The van der Waals surface area contributed by atoms with Crippen LogP contribution in [-0.2, 0) is 14.8 Å². The van der Waals surface area contributed by atoms with Gasteiger partial charge >= 0.3 is 0 Å². The number of ether oxygens (including phenoxy) is 1. The molecule has 0 amide bonds. The summed E-state index contributed by atoms with van der Waals surface area (Å²) in [6.45, 7) is 9.29. The molecule has 0 aliphatic carbocycles. The highest BCUT2D eigenvalue weighted by Gasteiger charge is 2.29. The van der Waals surface area contributed by atoms with Gasteiger partial charge in [0.15, 0.2) is 0 Å². The van der Waals surface area contributed by atoms with Crippen molar-refractivity contribution < 1.29 is 13.2 Å². The van der Waals surface area contributed by atoms with Crippen LogP contribution in [0.1, 0.15) is 33.6 Å². The number of sulfonamides is 1. The summed E-state index contributed by atoms with van der Waals surface area (Å²) in [7, 11) is -3.13. The fraction of sp³-hybridized carbons (Fsp3) is 1.00. The van der Waals surface area contributed by atoms with Gasteiger partial charge in [0.25, 0.3) is 0 Å². The van der Waals surface area contributed by atoms with Gasteiger partial charge in [0.1, 0.15) is 0 Å². The second-order valence-electron chi connectivity index (χ2n) is 5.10. The normalized spacial score (nSPS) is 20.6. The maximum absolute atomic E-state index is 12.1. The van der Waals surface area contributed by atoms with Gasteiger partial charge in [-0.05, 0) is 39.2 Å². The molecule has 0 bridgehead atoms. The van der Waals surface area contributed by atoms with Crippen molar-refractivity contribution in [2.45, 2.75) is 39.7 Å². The number of rotatable bonds is 8. The Hall–Kier alpha value is -0.170. The van der Waals surface area contributed by atoms with Crippen molar-refractivity contribution in [2.24, 2.45) is 5.92 Å². The van der Waals surface area contributed by atoms with Crippen molar-refractivity contribution in [1.82, 2.24) is 9.62 Å². The van der Waals surface area contributed by atoms with E-state index in [1.54, 1.807) is 4.31 Å². The van der Waals surface area contributed by atoms with Crippen molar-refractivity contribution in [2.75, 3.05) is 38.6 Å². The van der Waals surface area contributed by atoms with Gasteiger partial charge < -0.3 is 10.1 Å². The zero-order valence-corrected chi connectivity index (χ0v) is 13.2. The summed E-state index contributed by atoms with van der Waals surface area (Å²) in [5, 5.41) is 3.42. The van der Waals surface area contributed by atoms with E-state index in [2.05, 4.69) is 19.2 Å². The lowest BCUT2D eigenvalue weighted by Gasteiger charge is -2.34. The molecule has 0 aromatic heterocycles. The molecule has 1 rings (SSSR count). The van der Waals surface area contributed by atoms with E-state index in [1.165, 1.54) is 0 Å². The summed E-state index contributed by atoms with van der Waals surface area (Å²) in [6, 6.07) is 0.471. The third-order valence-corrected chi connectivity index (χ3v) is 5.65. The van der Waals surface area contributed by atoms with Crippen LogP contribution < -0.4 is 5.32 Å². The highest BCUT2D eigenvalue weighted by Crippen LogP contribution is 2.22. The molecule has 0 aromatic rings. The van der Waals surface area contributed by atoms with Crippen molar-refractivity contribution in [1.29, 1.82) is 0 Å². The highest BCUT2D eigenvalue weighted by atomic mass is 32.2. The van der Waals surface area contributed by atoms with Crippen molar-refractivity contribution in [3.8, 4) is 0 Å². The Morgan fingerprint density at radius 3 is 2.47 bits per heavy atom. The molecule has 0 aromatic carbocycles. The average molecular weight is 292 g/mol. The van der Waals surface area contributed by atoms with E-state index in [-0.39, 0.29) is 5.75 Å². The number of nitrogens with zero attached hydrogens (tertiary/aromatic N) is 1.